The Morgan fingerprint density at radius 3 is 2.85 bits per heavy atom. The van der Waals surface area contributed by atoms with Gasteiger partial charge in [0.1, 0.15) is 0 Å². The summed E-state index contributed by atoms with van der Waals surface area (Å²) in [5.41, 5.74) is 1.14. The normalized spacial score (nSPS) is 10.5. The Kier molecular flexibility index (Phi) is 1.55. The number of nitro groups is 1. The molecule has 0 spiro atoms. The van der Waals surface area contributed by atoms with Gasteiger partial charge in [0.15, 0.2) is 0 Å². The molecule has 2 aromatic rings. The summed E-state index contributed by atoms with van der Waals surface area (Å²) in [7, 11) is 1.91. The maximum Gasteiger partial charge on any atom is 0.270 e. The van der Waals surface area contributed by atoms with Gasteiger partial charge in [0.25, 0.3) is 5.69 Å². The Morgan fingerprint density at radius 1 is 1.38 bits per heavy atom. The first-order chi connectivity index (χ1) is 6.18. The lowest BCUT2D eigenvalue weighted by Gasteiger charge is -1.95. The van der Waals surface area contributed by atoms with Crippen LogP contribution in [0, 0.1) is 10.1 Å². The summed E-state index contributed by atoms with van der Waals surface area (Å²) in [5, 5.41) is 11.3. The fraction of sp³-hybridized carbons (Fsp3) is 0.111. The number of non-ortho nitro benzene ring substituents is 1. The summed E-state index contributed by atoms with van der Waals surface area (Å²) in [6.07, 6.45) is 1.88. The van der Waals surface area contributed by atoms with Gasteiger partial charge in [-0.2, -0.15) is 0 Å². The smallest absolute Gasteiger partial charge is 0.270 e. The molecule has 0 aliphatic heterocycles. The van der Waals surface area contributed by atoms with Crippen molar-refractivity contribution in [1.29, 1.82) is 0 Å². The predicted octanol–water partition coefficient (Wildman–Crippen LogP) is 2.09. The molecule has 13 heavy (non-hydrogen) atoms. The van der Waals surface area contributed by atoms with Gasteiger partial charge in [-0.25, -0.2) is 0 Å². The van der Waals surface area contributed by atoms with Gasteiger partial charge in [0.05, 0.1) is 4.92 Å². The van der Waals surface area contributed by atoms with E-state index in [1.165, 1.54) is 6.07 Å². The van der Waals surface area contributed by atoms with E-state index in [9.17, 15) is 10.1 Å². The second-order valence-electron chi connectivity index (χ2n) is 2.93. The molecule has 0 unspecified atom stereocenters. The minimum absolute atomic E-state index is 0.138. The molecule has 4 nitrogen and oxygen atoms in total. The van der Waals surface area contributed by atoms with Crippen LogP contribution in [-0.2, 0) is 7.05 Å². The molecule has 2 rings (SSSR count). The molecule has 4 heteroatoms. The Hall–Kier alpha value is -1.84. The highest BCUT2D eigenvalue weighted by molar-refractivity contribution is 5.82. The van der Waals surface area contributed by atoms with Gasteiger partial charge in [0, 0.05) is 36.3 Å². The molecule has 0 atom stereocenters. The maximum absolute atomic E-state index is 10.5. The molecule has 0 saturated carbocycles. The van der Waals surface area contributed by atoms with Crippen molar-refractivity contribution < 1.29 is 4.92 Å². The van der Waals surface area contributed by atoms with E-state index in [4.69, 9.17) is 0 Å². The third-order valence-corrected chi connectivity index (χ3v) is 2.08. The molecule has 66 valence electrons. The van der Waals surface area contributed by atoms with Crippen LogP contribution in [0.15, 0.2) is 30.5 Å². The van der Waals surface area contributed by atoms with E-state index in [1.54, 1.807) is 12.1 Å². The number of nitrogens with zero attached hydrogens (tertiary/aromatic N) is 2. The summed E-state index contributed by atoms with van der Waals surface area (Å²) < 4.78 is 1.93. The van der Waals surface area contributed by atoms with Gasteiger partial charge in [0.2, 0.25) is 0 Å². The molecule has 0 bridgehead atoms. The number of hydrogen-bond acceptors (Lipinski definition) is 2. The maximum atomic E-state index is 10.5. The standard InChI is InChI=1S/C9H8N2O2/c1-10-5-4-7-6-8(11(12)13)2-3-9(7)10/h2-6H,1H3. The van der Waals surface area contributed by atoms with Crippen molar-refractivity contribution >= 4 is 16.6 Å². The van der Waals surface area contributed by atoms with Crippen LogP contribution in [0.25, 0.3) is 10.9 Å². The number of nitro benzene ring substituents is 1. The number of hydrogen-bond donors (Lipinski definition) is 0. The molecule has 0 aliphatic rings. The van der Waals surface area contributed by atoms with Gasteiger partial charge >= 0.3 is 0 Å². The van der Waals surface area contributed by atoms with Crippen molar-refractivity contribution in [3.8, 4) is 0 Å². The highest BCUT2D eigenvalue weighted by atomic mass is 16.6. The summed E-state index contributed by atoms with van der Waals surface area (Å²) in [4.78, 5) is 10.1. The predicted molar refractivity (Wildman–Crippen MR) is 49.6 cm³/mol. The molecule has 0 fully saturated rings. The summed E-state index contributed by atoms with van der Waals surface area (Å²) in [6.45, 7) is 0. The topological polar surface area (TPSA) is 48.1 Å². The Labute approximate surface area is 74.6 Å². The number of fused-ring (bicyclic) bond motifs is 1. The average Bonchev–Trinajstić information content (AvgIpc) is 2.47. The lowest BCUT2D eigenvalue weighted by atomic mass is 10.2. The van der Waals surface area contributed by atoms with Crippen molar-refractivity contribution in [3.63, 3.8) is 0 Å². The molecule has 0 radical (unpaired) electrons. The average molecular weight is 176 g/mol. The second-order valence-corrected chi connectivity index (χ2v) is 2.93. The van der Waals surface area contributed by atoms with Gasteiger partial charge in [-0.3, -0.25) is 10.1 Å². The van der Waals surface area contributed by atoms with E-state index in [-0.39, 0.29) is 10.6 Å². The zero-order valence-electron chi connectivity index (χ0n) is 7.10. The largest absolute Gasteiger partial charge is 0.351 e. The van der Waals surface area contributed by atoms with E-state index in [0.717, 1.165) is 10.9 Å². The Balaban J connectivity index is 2.70. The first-order valence-electron chi connectivity index (χ1n) is 3.88. The van der Waals surface area contributed by atoms with Crippen LogP contribution >= 0.6 is 0 Å². The molecule has 1 aromatic heterocycles. The van der Waals surface area contributed by atoms with E-state index in [2.05, 4.69) is 0 Å². The molecule has 1 heterocycles. The van der Waals surface area contributed by atoms with Crippen molar-refractivity contribution in [3.05, 3.63) is 40.6 Å². The highest BCUT2D eigenvalue weighted by Gasteiger charge is 2.06. The Morgan fingerprint density at radius 2 is 2.15 bits per heavy atom. The number of rotatable bonds is 1. The first-order valence-corrected chi connectivity index (χ1v) is 3.88. The molecular weight excluding hydrogens is 168 g/mol. The first kappa shape index (κ1) is 7.79. The van der Waals surface area contributed by atoms with E-state index in [1.807, 2.05) is 23.9 Å². The summed E-state index contributed by atoms with van der Waals surface area (Å²) >= 11 is 0. The lowest BCUT2D eigenvalue weighted by Crippen LogP contribution is -1.88. The van der Waals surface area contributed by atoms with Crippen molar-refractivity contribution in [2.45, 2.75) is 0 Å². The van der Waals surface area contributed by atoms with Crippen molar-refractivity contribution in [2.75, 3.05) is 0 Å². The fourth-order valence-electron chi connectivity index (χ4n) is 1.38. The third-order valence-electron chi connectivity index (χ3n) is 2.08. The zero-order valence-corrected chi connectivity index (χ0v) is 7.10. The van der Waals surface area contributed by atoms with Crippen LogP contribution in [0.4, 0.5) is 5.69 Å². The Bertz CT molecular complexity index is 473. The van der Waals surface area contributed by atoms with Crippen LogP contribution in [0.1, 0.15) is 0 Å². The number of benzene rings is 1. The quantitative estimate of drug-likeness (QED) is 0.493. The minimum Gasteiger partial charge on any atom is -0.351 e. The fourth-order valence-corrected chi connectivity index (χ4v) is 1.38. The highest BCUT2D eigenvalue weighted by Crippen LogP contribution is 2.20. The van der Waals surface area contributed by atoms with E-state index in [0.29, 0.717) is 0 Å². The van der Waals surface area contributed by atoms with Gasteiger partial charge < -0.3 is 4.57 Å². The molecule has 0 N–H and O–H groups in total. The van der Waals surface area contributed by atoms with Crippen LogP contribution < -0.4 is 0 Å². The van der Waals surface area contributed by atoms with Gasteiger partial charge in [-0.15, -0.1) is 0 Å². The molecule has 0 saturated heterocycles. The summed E-state index contributed by atoms with van der Waals surface area (Å²) in [5.74, 6) is 0. The van der Waals surface area contributed by atoms with Gasteiger partial charge in [-0.1, -0.05) is 0 Å². The van der Waals surface area contributed by atoms with Crippen LogP contribution in [0.2, 0.25) is 0 Å². The molecule has 0 aliphatic carbocycles. The van der Waals surface area contributed by atoms with Gasteiger partial charge in [-0.05, 0) is 12.1 Å². The number of aryl methyl sites for hydroxylation is 1. The lowest BCUT2D eigenvalue weighted by molar-refractivity contribution is -0.384. The van der Waals surface area contributed by atoms with E-state index < -0.39 is 0 Å². The zero-order chi connectivity index (χ0) is 9.42. The minimum atomic E-state index is -0.382. The van der Waals surface area contributed by atoms with Crippen molar-refractivity contribution in [2.24, 2.45) is 7.05 Å². The van der Waals surface area contributed by atoms with Crippen molar-refractivity contribution in [1.82, 2.24) is 4.57 Å². The molecule has 0 amide bonds. The monoisotopic (exact) mass is 176 g/mol. The van der Waals surface area contributed by atoms with Crippen LogP contribution in [0.3, 0.4) is 0 Å². The second kappa shape index (κ2) is 2.58. The van der Waals surface area contributed by atoms with E-state index >= 15 is 0 Å². The SMILES string of the molecule is Cn1ccc2cc([N+](=O)[O-])ccc21. The number of aromatic nitrogens is 1. The third kappa shape index (κ3) is 1.16. The van der Waals surface area contributed by atoms with Crippen LogP contribution in [-0.4, -0.2) is 9.49 Å². The molecular formula is C9H8N2O2. The molecule has 1 aromatic carbocycles. The summed E-state index contributed by atoms with van der Waals surface area (Å²) in [6, 6.07) is 6.72. The van der Waals surface area contributed by atoms with Crippen LogP contribution in [0.5, 0.6) is 0 Å².